The maximum Gasteiger partial charge on any atom is 0.254 e. The van der Waals surface area contributed by atoms with Crippen LogP contribution >= 0.6 is 0 Å². The van der Waals surface area contributed by atoms with Gasteiger partial charge in [-0.25, -0.2) is 11.0 Å². The van der Waals surface area contributed by atoms with E-state index in [0.29, 0.717) is 30.8 Å². The maximum atomic E-state index is 11.8. The summed E-state index contributed by atoms with van der Waals surface area (Å²) < 4.78 is 0. The molecule has 214 valence electrons. The van der Waals surface area contributed by atoms with Crippen molar-refractivity contribution in [2.75, 3.05) is 26.7 Å². The van der Waals surface area contributed by atoms with E-state index in [1.165, 1.54) is 0 Å². The molecule has 0 bridgehead atoms. The first-order chi connectivity index (χ1) is 16.9. The van der Waals surface area contributed by atoms with Gasteiger partial charge >= 0.3 is 0 Å². The van der Waals surface area contributed by atoms with Gasteiger partial charge in [0.1, 0.15) is 6.29 Å². The number of hydroxylamine groups is 2. The van der Waals surface area contributed by atoms with Crippen molar-refractivity contribution >= 4 is 24.5 Å². The Morgan fingerprint density at radius 1 is 1.11 bits per heavy atom. The topological polar surface area (TPSA) is 126 Å². The largest absolute Gasteiger partial charge is 0.354 e. The van der Waals surface area contributed by atoms with Gasteiger partial charge in [-0.05, 0) is 31.1 Å². The van der Waals surface area contributed by atoms with E-state index in [2.05, 4.69) is 64.1 Å². The lowest BCUT2D eigenvalue weighted by molar-refractivity contribution is -0.141. The number of aldehydes is 1. The smallest absolute Gasteiger partial charge is 0.254 e. The van der Waals surface area contributed by atoms with Crippen molar-refractivity contribution in [1.82, 2.24) is 21.2 Å². The summed E-state index contributed by atoms with van der Waals surface area (Å²) in [5.74, 6) is 1.63. The van der Waals surface area contributed by atoms with Gasteiger partial charge in [-0.3, -0.25) is 24.1 Å². The van der Waals surface area contributed by atoms with Crippen LogP contribution < -0.4 is 16.3 Å². The van der Waals surface area contributed by atoms with Gasteiger partial charge < -0.3 is 15.0 Å². The van der Waals surface area contributed by atoms with Crippen LogP contribution in [0.15, 0.2) is 0 Å². The Balaban J connectivity index is -0.000000447. The van der Waals surface area contributed by atoms with E-state index in [1.54, 1.807) is 7.05 Å². The van der Waals surface area contributed by atoms with Crippen molar-refractivity contribution < 1.29 is 28.9 Å². The zero-order valence-corrected chi connectivity index (χ0v) is 24.4. The second-order valence-corrected chi connectivity index (χ2v) is 10.0. The molecule has 10 heteroatoms. The van der Waals surface area contributed by atoms with Gasteiger partial charge in [0, 0.05) is 39.0 Å². The van der Waals surface area contributed by atoms with Crippen LogP contribution in [0.5, 0.6) is 0 Å². The highest BCUT2D eigenvalue weighted by atomic mass is 16.7. The third kappa shape index (κ3) is 26.6. The monoisotopic (exact) mass is 518 g/mol. The van der Waals surface area contributed by atoms with Gasteiger partial charge in [0.2, 0.25) is 12.3 Å². The first-order valence-electron chi connectivity index (χ1n) is 13.0. The van der Waals surface area contributed by atoms with Crippen LogP contribution in [0.4, 0.5) is 0 Å². The molecule has 0 aliphatic carbocycles. The lowest BCUT2D eigenvalue weighted by atomic mass is 10.2. The summed E-state index contributed by atoms with van der Waals surface area (Å²) in [6.45, 7) is 20.1. The van der Waals surface area contributed by atoms with Gasteiger partial charge in [0.05, 0.1) is 0 Å². The van der Waals surface area contributed by atoms with Crippen molar-refractivity contribution in [2.24, 2.45) is 17.8 Å². The Bertz CT molecular complexity index is 556. The number of carbonyl (C=O) groups excluding carboxylic acids is 4. The molecule has 0 radical (unpaired) electrons. The zero-order chi connectivity index (χ0) is 28.5. The van der Waals surface area contributed by atoms with Crippen LogP contribution in [-0.4, -0.2) is 68.3 Å². The lowest BCUT2D eigenvalue weighted by Gasteiger charge is -2.23. The molecule has 10 nitrogen and oxygen atoms in total. The predicted molar refractivity (Wildman–Crippen MR) is 144 cm³/mol. The number of amides is 3. The summed E-state index contributed by atoms with van der Waals surface area (Å²) in [7, 11) is 1.68. The molecule has 0 aromatic carbocycles. The number of carbonyl (C=O) groups is 4. The number of likely N-dealkylation sites (tertiary alicyclic amines) is 1. The Morgan fingerprint density at radius 3 is 2.08 bits per heavy atom. The predicted octanol–water partition coefficient (Wildman–Crippen LogP) is 3.26. The van der Waals surface area contributed by atoms with Crippen LogP contribution in [-0.2, 0) is 28.9 Å². The van der Waals surface area contributed by atoms with Crippen LogP contribution in [0.1, 0.15) is 88.0 Å². The minimum Gasteiger partial charge on any atom is -0.354 e. The quantitative estimate of drug-likeness (QED) is 0.194. The molecule has 0 aromatic rings. The summed E-state index contributed by atoms with van der Waals surface area (Å²) in [5, 5.41) is 2.62. The molecule has 0 spiro atoms. The van der Waals surface area contributed by atoms with Gasteiger partial charge in [-0.2, -0.15) is 0 Å². The lowest BCUT2D eigenvalue weighted by Crippen LogP contribution is -2.37. The van der Waals surface area contributed by atoms with Crippen LogP contribution in [0.25, 0.3) is 0 Å². The van der Waals surface area contributed by atoms with Crippen molar-refractivity contribution in [3.05, 3.63) is 0 Å². The van der Waals surface area contributed by atoms with Gasteiger partial charge in [-0.15, -0.1) is 0 Å². The molecule has 0 aromatic heterocycles. The van der Waals surface area contributed by atoms with Crippen LogP contribution in [0.3, 0.4) is 0 Å². The van der Waals surface area contributed by atoms with Gasteiger partial charge in [-0.1, -0.05) is 61.8 Å². The number of rotatable bonds is 13. The van der Waals surface area contributed by atoms with Gasteiger partial charge in [0.25, 0.3) is 5.91 Å². The molecule has 2 unspecified atom stereocenters. The van der Waals surface area contributed by atoms with Crippen molar-refractivity contribution in [2.45, 2.75) is 100 Å². The first kappa shape index (κ1) is 38.5. The maximum absolute atomic E-state index is 11.8. The van der Waals surface area contributed by atoms with Crippen LogP contribution in [0.2, 0.25) is 0 Å². The molecule has 1 heterocycles. The fourth-order valence-corrected chi connectivity index (χ4v) is 2.64. The second kappa shape index (κ2) is 26.0. The highest BCUT2D eigenvalue weighted by Gasteiger charge is 2.37. The number of hydrogen-bond donors (Lipinski definition) is 3. The third-order valence-electron chi connectivity index (χ3n) is 4.19. The molecule has 3 amide bonds. The summed E-state index contributed by atoms with van der Waals surface area (Å²) in [6.07, 6.45) is 4.72. The van der Waals surface area contributed by atoms with Crippen LogP contribution in [0, 0.1) is 17.8 Å². The fourth-order valence-electron chi connectivity index (χ4n) is 2.64. The van der Waals surface area contributed by atoms with E-state index in [4.69, 9.17) is 4.84 Å². The highest BCUT2D eigenvalue weighted by molar-refractivity contribution is 5.83. The molecule has 1 aliphatic rings. The van der Waals surface area contributed by atoms with Crippen molar-refractivity contribution in [1.29, 1.82) is 0 Å². The number of nitrogens with one attached hydrogen (secondary N) is 3. The van der Waals surface area contributed by atoms with E-state index < -0.39 is 0 Å². The molecule has 1 aliphatic heterocycles. The van der Waals surface area contributed by atoms with E-state index >= 15 is 0 Å². The van der Waals surface area contributed by atoms with Crippen molar-refractivity contribution in [3.63, 3.8) is 0 Å². The standard InChI is InChI=1S/C10H20N2O2.C7H14N2O3.C5H10O.C4H10/c1-7(2)6-12-8(3)5-9(10(12)13)14-11-4;1-6(2)3-8-7(11)4-12-9-5-10;1-2-3-4-5-6;1-4(2)3/h7-9,11H,5-6H2,1-4H3;5-6H,3-4H2,1-2H3,(H,8,11)(H,9,10);5H,2-4H2,1H3;4H,1-3H3. The van der Waals surface area contributed by atoms with E-state index in [-0.39, 0.29) is 24.5 Å². The Morgan fingerprint density at radius 2 is 1.69 bits per heavy atom. The second-order valence-electron chi connectivity index (χ2n) is 10.0. The molecular formula is C26H54N4O6. The Hall–Kier alpha value is -2.04. The number of unbranched alkanes of at least 4 members (excludes halogenated alkanes) is 2. The average molecular weight is 519 g/mol. The summed E-state index contributed by atoms with van der Waals surface area (Å²) >= 11 is 0. The summed E-state index contributed by atoms with van der Waals surface area (Å²) in [4.78, 5) is 53.4. The zero-order valence-electron chi connectivity index (χ0n) is 24.4. The molecular weight excluding hydrogens is 464 g/mol. The average Bonchev–Trinajstić information content (AvgIpc) is 3.04. The fraction of sp³-hybridized carbons (Fsp3) is 0.846. The molecule has 36 heavy (non-hydrogen) atoms. The van der Waals surface area contributed by atoms with E-state index in [9.17, 15) is 19.2 Å². The van der Waals surface area contributed by atoms with E-state index in [0.717, 1.165) is 44.4 Å². The number of nitrogens with zero attached hydrogens (tertiary/aromatic N) is 1. The van der Waals surface area contributed by atoms with E-state index in [1.807, 2.05) is 24.2 Å². The number of hydrogen-bond acceptors (Lipinski definition) is 7. The molecule has 2 atom stereocenters. The van der Waals surface area contributed by atoms with Gasteiger partial charge in [0.15, 0.2) is 12.7 Å². The summed E-state index contributed by atoms with van der Waals surface area (Å²) in [5.41, 5.74) is 4.51. The SMILES string of the molecule is CC(C)C.CC(C)CNC(=O)CONC=O.CCCCC=O.CNOC1CC(C)N(CC(C)C)C1=O. The first-order valence-corrected chi connectivity index (χ1v) is 13.0. The minimum atomic E-state index is -0.297. The molecule has 1 saturated heterocycles. The Kier molecular flexibility index (Phi) is 27.8. The van der Waals surface area contributed by atoms with Crippen molar-refractivity contribution in [3.8, 4) is 0 Å². The summed E-state index contributed by atoms with van der Waals surface area (Å²) in [6, 6.07) is 0.295. The Labute approximate surface area is 219 Å². The normalized spacial score (nSPS) is 16.4. The molecule has 1 fully saturated rings. The molecule has 1 rings (SSSR count). The highest BCUT2D eigenvalue weighted by Crippen LogP contribution is 2.21. The molecule has 3 N–H and O–H groups in total. The minimum absolute atomic E-state index is 0.112. The molecule has 0 saturated carbocycles. The third-order valence-corrected chi connectivity index (χ3v) is 4.19.